The minimum absolute atomic E-state index is 0.0100. The van der Waals surface area contributed by atoms with Crippen molar-refractivity contribution in [3.8, 4) is 0 Å². The Morgan fingerprint density at radius 2 is 1.93 bits per heavy atom. The Hall–Kier alpha value is -3.04. The zero-order valence-electron chi connectivity index (χ0n) is 16.4. The monoisotopic (exact) mass is 428 g/mol. The fraction of sp³-hybridized carbons (Fsp3) is 0.238. The Labute approximate surface area is 174 Å². The van der Waals surface area contributed by atoms with Crippen LogP contribution in [-0.4, -0.2) is 35.0 Å². The molecule has 0 atom stereocenters. The van der Waals surface area contributed by atoms with Crippen LogP contribution < -0.4 is 5.32 Å². The predicted molar refractivity (Wildman–Crippen MR) is 109 cm³/mol. The van der Waals surface area contributed by atoms with Crippen molar-refractivity contribution in [2.45, 2.75) is 24.4 Å². The van der Waals surface area contributed by atoms with E-state index < -0.39 is 15.8 Å². The van der Waals surface area contributed by atoms with E-state index in [-0.39, 0.29) is 29.6 Å². The van der Waals surface area contributed by atoms with E-state index in [0.29, 0.717) is 18.5 Å². The second-order valence-electron chi connectivity index (χ2n) is 7.11. The largest absolute Gasteiger partial charge is 0.347 e. The lowest BCUT2D eigenvalue weighted by molar-refractivity contribution is 0.0943. The summed E-state index contributed by atoms with van der Waals surface area (Å²) < 4.78 is 42.4. The molecule has 156 valence electrons. The van der Waals surface area contributed by atoms with E-state index in [1.54, 1.807) is 11.7 Å². The summed E-state index contributed by atoms with van der Waals surface area (Å²) in [6, 6.07) is 14.4. The SMILES string of the molecule is Cn1nc(C(=O)NCc2ccccc2)c2c1CCN(S(=O)(=O)c1cccc(F)c1)C2. The second kappa shape index (κ2) is 8.00. The summed E-state index contributed by atoms with van der Waals surface area (Å²) in [4.78, 5) is 12.7. The summed E-state index contributed by atoms with van der Waals surface area (Å²) >= 11 is 0. The highest BCUT2D eigenvalue weighted by atomic mass is 32.2. The van der Waals surface area contributed by atoms with Gasteiger partial charge in [0.15, 0.2) is 5.69 Å². The van der Waals surface area contributed by atoms with E-state index in [4.69, 9.17) is 0 Å². The lowest BCUT2D eigenvalue weighted by Crippen LogP contribution is -2.37. The number of nitrogens with zero attached hydrogens (tertiary/aromatic N) is 3. The standard InChI is InChI=1S/C21H21FN4O3S/c1-25-19-10-11-26(30(28,29)17-9-5-8-16(22)12-17)14-18(19)20(24-25)21(27)23-13-15-6-3-2-4-7-15/h2-9,12H,10-11,13-14H2,1H3,(H,23,27). The van der Waals surface area contributed by atoms with Gasteiger partial charge >= 0.3 is 0 Å². The molecule has 2 heterocycles. The molecule has 0 radical (unpaired) electrons. The van der Waals surface area contributed by atoms with E-state index >= 15 is 0 Å². The van der Waals surface area contributed by atoms with E-state index in [1.807, 2.05) is 30.3 Å². The fourth-order valence-electron chi connectivity index (χ4n) is 3.59. The van der Waals surface area contributed by atoms with E-state index in [0.717, 1.165) is 17.3 Å². The van der Waals surface area contributed by atoms with E-state index in [1.165, 1.54) is 22.5 Å². The molecule has 0 bridgehead atoms. The molecule has 7 nitrogen and oxygen atoms in total. The average molecular weight is 428 g/mol. The first-order valence-corrected chi connectivity index (χ1v) is 10.9. The van der Waals surface area contributed by atoms with Crippen LogP contribution in [-0.2, 0) is 36.6 Å². The molecule has 2 aromatic carbocycles. The van der Waals surface area contributed by atoms with Gasteiger partial charge in [-0.05, 0) is 23.8 Å². The van der Waals surface area contributed by atoms with Gasteiger partial charge in [-0.2, -0.15) is 9.40 Å². The van der Waals surface area contributed by atoms with Gasteiger partial charge in [-0.1, -0.05) is 36.4 Å². The van der Waals surface area contributed by atoms with Crippen LogP contribution >= 0.6 is 0 Å². The highest BCUT2D eigenvalue weighted by Crippen LogP contribution is 2.27. The highest BCUT2D eigenvalue weighted by molar-refractivity contribution is 7.89. The molecule has 0 fully saturated rings. The number of aryl methyl sites for hydroxylation is 1. The highest BCUT2D eigenvalue weighted by Gasteiger charge is 2.33. The zero-order valence-corrected chi connectivity index (χ0v) is 17.2. The number of sulfonamides is 1. The lowest BCUT2D eigenvalue weighted by Gasteiger charge is -2.27. The third-order valence-corrected chi connectivity index (χ3v) is 6.99. The van der Waals surface area contributed by atoms with Gasteiger partial charge in [0.2, 0.25) is 10.0 Å². The minimum atomic E-state index is -3.89. The van der Waals surface area contributed by atoms with Crippen LogP contribution in [0.4, 0.5) is 4.39 Å². The maximum Gasteiger partial charge on any atom is 0.272 e. The lowest BCUT2D eigenvalue weighted by atomic mass is 10.1. The van der Waals surface area contributed by atoms with Gasteiger partial charge in [0.25, 0.3) is 5.91 Å². The van der Waals surface area contributed by atoms with Crippen molar-refractivity contribution < 1.29 is 17.6 Å². The number of rotatable bonds is 5. The van der Waals surface area contributed by atoms with Crippen LogP contribution in [0.2, 0.25) is 0 Å². The van der Waals surface area contributed by atoms with Crippen LogP contribution in [0.1, 0.15) is 27.3 Å². The Morgan fingerprint density at radius 1 is 1.17 bits per heavy atom. The molecular formula is C21H21FN4O3S. The second-order valence-corrected chi connectivity index (χ2v) is 9.05. The number of aromatic nitrogens is 2. The van der Waals surface area contributed by atoms with Gasteiger partial charge in [-0.25, -0.2) is 12.8 Å². The maximum atomic E-state index is 13.6. The number of carbonyl (C=O) groups excluding carboxylic acids is 1. The molecule has 0 unspecified atom stereocenters. The smallest absolute Gasteiger partial charge is 0.272 e. The van der Waals surface area contributed by atoms with E-state index in [9.17, 15) is 17.6 Å². The van der Waals surface area contributed by atoms with E-state index in [2.05, 4.69) is 10.4 Å². The zero-order chi connectivity index (χ0) is 21.3. The van der Waals surface area contributed by atoms with Crippen LogP contribution in [0.3, 0.4) is 0 Å². The normalized spacial score (nSPS) is 14.3. The first-order chi connectivity index (χ1) is 14.4. The molecule has 0 saturated carbocycles. The molecule has 3 aromatic rings. The summed E-state index contributed by atoms with van der Waals surface area (Å²) in [6.45, 7) is 0.586. The summed E-state index contributed by atoms with van der Waals surface area (Å²) in [6.07, 6.45) is 0.416. The molecular weight excluding hydrogens is 407 g/mol. The number of halogens is 1. The Kier molecular flexibility index (Phi) is 5.40. The van der Waals surface area contributed by atoms with Crippen LogP contribution in [0, 0.1) is 5.82 Å². The maximum absolute atomic E-state index is 13.6. The van der Waals surface area contributed by atoms with Gasteiger partial charge in [0.05, 0.1) is 4.90 Å². The van der Waals surface area contributed by atoms with Crippen molar-refractivity contribution in [1.29, 1.82) is 0 Å². The van der Waals surface area contributed by atoms with Gasteiger partial charge in [0, 0.05) is 44.4 Å². The molecule has 30 heavy (non-hydrogen) atoms. The number of carbonyl (C=O) groups is 1. The average Bonchev–Trinajstić information content (AvgIpc) is 3.09. The van der Waals surface area contributed by atoms with Crippen molar-refractivity contribution in [3.05, 3.63) is 82.9 Å². The van der Waals surface area contributed by atoms with Crippen molar-refractivity contribution in [1.82, 2.24) is 19.4 Å². The van der Waals surface area contributed by atoms with Crippen molar-refractivity contribution in [2.24, 2.45) is 7.05 Å². The number of fused-ring (bicyclic) bond motifs is 1. The summed E-state index contributed by atoms with van der Waals surface area (Å²) in [5.74, 6) is -0.975. The number of hydrogen-bond acceptors (Lipinski definition) is 4. The molecule has 1 N–H and O–H groups in total. The Bertz CT molecular complexity index is 1190. The molecule has 4 rings (SSSR count). The van der Waals surface area contributed by atoms with Gasteiger partial charge < -0.3 is 5.32 Å². The first kappa shape index (κ1) is 20.2. The van der Waals surface area contributed by atoms with Gasteiger partial charge in [-0.15, -0.1) is 0 Å². The third kappa shape index (κ3) is 3.86. The number of hydrogen-bond donors (Lipinski definition) is 1. The fourth-order valence-corrected chi connectivity index (χ4v) is 5.03. The molecule has 1 amide bonds. The summed E-state index contributed by atoms with van der Waals surface area (Å²) in [5.41, 5.74) is 2.56. The predicted octanol–water partition coefficient (Wildman–Crippen LogP) is 2.24. The van der Waals surface area contributed by atoms with Gasteiger partial charge in [0.1, 0.15) is 5.82 Å². The quantitative estimate of drug-likeness (QED) is 0.676. The molecule has 0 saturated heterocycles. The Balaban J connectivity index is 1.58. The molecule has 9 heteroatoms. The van der Waals surface area contributed by atoms with Crippen molar-refractivity contribution >= 4 is 15.9 Å². The number of nitrogens with one attached hydrogen (secondary N) is 1. The third-order valence-electron chi connectivity index (χ3n) is 5.15. The molecule has 0 aliphatic carbocycles. The summed E-state index contributed by atoms with van der Waals surface area (Å²) in [5, 5.41) is 7.17. The molecule has 1 aromatic heterocycles. The molecule has 1 aliphatic heterocycles. The number of benzene rings is 2. The van der Waals surface area contributed by atoms with Gasteiger partial charge in [-0.3, -0.25) is 9.48 Å². The topological polar surface area (TPSA) is 84.3 Å². The number of amides is 1. The van der Waals surface area contributed by atoms with Crippen LogP contribution in [0.25, 0.3) is 0 Å². The molecule has 0 spiro atoms. The first-order valence-electron chi connectivity index (χ1n) is 9.49. The summed E-state index contributed by atoms with van der Waals surface area (Å²) in [7, 11) is -2.15. The minimum Gasteiger partial charge on any atom is -0.347 e. The van der Waals surface area contributed by atoms with Crippen LogP contribution in [0.5, 0.6) is 0 Å². The van der Waals surface area contributed by atoms with Crippen molar-refractivity contribution in [3.63, 3.8) is 0 Å². The van der Waals surface area contributed by atoms with Crippen molar-refractivity contribution in [2.75, 3.05) is 6.54 Å². The Morgan fingerprint density at radius 3 is 2.67 bits per heavy atom. The molecule has 1 aliphatic rings. The van der Waals surface area contributed by atoms with Crippen LogP contribution in [0.15, 0.2) is 59.5 Å².